The standard InChI is InChI=1S/C15H20BrN3/c1-15(2,3)18-9-8-14-17-10-13(19-14)11-6-4-5-7-12(11)16/h4-7,10,18H,8-9H2,1-3H3,(H,17,19). The van der Waals surface area contributed by atoms with Crippen LogP contribution in [0.5, 0.6) is 0 Å². The lowest BCUT2D eigenvalue weighted by Crippen LogP contribution is -2.37. The van der Waals surface area contributed by atoms with E-state index in [-0.39, 0.29) is 5.54 Å². The maximum absolute atomic E-state index is 4.44. The Balaban J connectivity index is 2.02. The number of hydrogen-bond acceptors (Lipinski definition) is 2. The van der Waals surface area contributed by atoms with Crippen molar-refractivity contribution in [2.75, 3.05) is 6.54 Å². The van der Waals surface area contributed by atoms with Gasteiger partial charge in [0.1, 0.15) is 5.82 Å². The number of nitrogens with one attached hydrogen (secondary N) is 2. The zero-order valence-corrected chi connectivity index (χ0v) is 13.2. The predicted molar refractivity (Wildman–Crippen MR) is 83.2 cm³/mol. The maximum Gasteiger partial charge on any atom is 0.107 e. The molecule has 0 amide bonds. The Morgan fingerprint density at radius 1 is 1.26 bits per heavy atom. The van der Waals surface area contributed by atoms with E-state index in [4.69, 9.17) is 0 Å². The fourth-order valence-electron chi connectivity index (χ4n) is 1.86. The molecule has 0 atom stereocenters. The molecule has 0 aliphatic carbocycles. The summed E-state index contributed by atoms with van der Waals surface area (Å²) in [5.41, 5.74) is 2.35. The van der Waals surface area contributed by atoms with Gasteiger partial charge in [0.25, 0.3) is 0 Å². The number of hydrogen-bond donors (Lipinski definition) is 2. The van der Waals surface area contributed by atoms with Gasteiger partial charge in [-0.2, -0.15) is 0 Å². The van der Waals surface area contributed by atoms with Gasteiger partial charge >= 0.3 is 0 Å². The highest BCUT2D eigenvalue weighted by atomic mass is 79.9. The number of halogens is 1. The van der Waals surface area contributed by atoms with Crippen LogP contribution in [0.3, 0.4) is 0 Å². The molecule has 2 N–H and O–H groups in total. The van der Waals surface area contributed by atoms with Crippen LogP contribution in [0.15, 0.2) is 34.9 Å². The molecule has 0 unspecified atom stereocenters. The lowest BCUT2D eigenvalue weighted by Gasteiger charge is -2.19. The summed E-state index contributed by atoms with van der Waals surface area (Å²) in [6.45, 7) is 7.43. The van der Waals surface area contributed by atoms with Gasteiger partial charge < -0.3 is 10.3 Å². The Kier molecular flexibility index (Phi) is 4.42. The topological polar surface area (TPSA) is 40.7 Å². The van der Waals surface area contributed by atoms with E-state index in [9.17, 15) is 0 Å². The van der Waals surface area contributed by atoms with Crippen molar-refractivity contribution in [3.05, 3.63) is 40.8 Å². The molecule has 0 aliphatic rings. The van der Waals surface area contributed by atoms with E-state index < -0.39 is 0 Å². The number of benzene rings is 1. The number of rotatable bonds is 4. The van der Waals surface area contributed by atoms with Crippen molar-refractivity contribution in [1.29, 1.82) is 0 Å². The molecule has 0 saturated heterocycles. The van der Waals surface area contributed by atoms with Gasteiger partial charge in [0.05, 0.1) is 11.9 Å². The summed E-state index contributed by atoms with van der Waals surface area (Å²) in [6.07, 6.45) is 2.80. The molecular formula is C15H20BrN3. The van der Waals surface area contributed by atoms with Crippen molar-refractivity contribution in [1.82, 2.24) is 15.3 Å². The maximum atomic E-state index is 4.44. The van der Waals surface area contributed by atoms with Crippen LogP contribution < -0.4 is 5.32 Å². The zero-order chi connectivity index (χ0) is 13.9. The molecule has 3 nitrogen and oxygen atoms in total. The van der Waals surface area contributed by atoms with Crippen molar-refractivity contribution in [3.63, 3.8) is 0 Å². The SMILES string of the molecule is CC(C)(C)NCCc1ncc(-c2ccccc2Br)[nH]1. The van der Waals surface area contributed by atoms with Gasteiger partial charge in [0.15, 0.2) is 0 Å². The predicted octanol–water partition coefficient (Wildman–Crippen LogP) is 3.77. The molecule has 0 aliphatic heterocycles. The van der Waals surface area contributed by atoms with E-state index in [2.05, 4.69) is 58.1 Å². The summed E-state index contributed by atoms with van der Waals surface area (Å²) in [7, 11) is 0. The highest BCUT2D eigenvalue weighted by Crippen LogP contribution is 2.26. The minimum atomic E-state index is 0.151. The molecule has 1 aromatic carbocycles. The molecule has 0 spiro atoms. The summed E-state index contributed by atoms with van der Waals surface area (Å²) < 4.78 is 1.08. The number of imidazole rings is 1. The molecule has 4 heteroatoms. The van der Waals surface area contributed by atoms with E-state index in [1.54, 1.807) is 0 Å². The molecule has 0 saturated carbocycles. The number of H-pyrrole nitrogens is 1. The third-order valence-electron chi connectivity index (χ3n) is 2.81. The van der Waals surface area contributed by atoms with E-state index in [1.165, 1.54) is 0 Å². The second-order valence-corrected chi connectivity index (χ2v) is 6.50. The second kappa shape index (κ2) is 5.88. The van der Waals surface area contributed by atoms with Crippen LogP contribution in [0.4, 0.5) is 0 Å². The first-order chi connectivity index (χ1) is 8.96. The first-order valence-corrected chi connectivity index (χ1v) is 7.29. The van der Waals surface area contributed by atoms with Crippen LogP contribution in [-0.2, 0) is 6.42 Å². The van der Waals surface area contributed by atoms with Crippen LogP contribution in [0, 0.1) is 0 Å². The fourth-order valence-corrected chi connectivity index (χ4v) is 2.36. The van der Waals surface area contributed by atoms with Crippen molar-refractivity contribution < 1.29 is 0 Å². The largest absolute Gasteiger partial charge is 0.342 e. The molecular weight excluding hydrogens is 302 g/mol. The normalized spacial score (nSPS) is 11.8. The smallest absolute Gasteiger partial charge is 0.107 e. The molecule has 1 heterocycles. The summed E-state index contributed by atoms with van der Waals surface area (Å²) in [5, 5.41) is 3.46. The van der Waals surface area contributed by atoms with Crippen molar-refractivity contribution in [2.24, 2.45) is 0 Å². The minimum absolute atomic E-state index is 0.151. The van der Waals surface area contributed by atoms with Gasteiger partial charge in [0.2, 0.25) is 0 Å². The van der Waals surface area contributed by atoms with Gasteiger partial charge in [-0.3, -0.25) is 0 Å². The van der Waals surface area contributed by atoms with E-state index >= 15 is 0 Å². The summed E-state index contributed by atoms with van der Waals surface area (Å²) in [4.78, 5) is 7.81. The number of aromatic amines is 1. The van der Waals surface area contributed by atoms with Gasteiger partial charge in [-0.1, -0.05) is 34.1 Å². The van der Waals surface area contributed by atoms with Crippen molar-refractivity contribution >= 4 is 15.9 Å². The summed E-state index contributed by atoms with van der Waals surface area (Å²) >= 11 is 3.56. The first-order valence-electron chi connectivity index (χ1n) is 6.49. The highest BCUT2D eigenvalue weighted by Gasteiger charge is 2.09. The Labute approximate surface area is 123 Å². The van der Waals surface area contributed by atoms with Crippen LogP contribution in [0.1, 0.15) is 26.6 Å². The lowest BCUT2D eigenvalue weighted by molar-refractivity contribution is 0.427. The molecule has 19 heavy (non-hydrogen) atoms. The van der Waals surface area contributed by atoms with Crippen LogP contribution >= 0.6 is 15.9 Å². The van der Waals surface area contributed by atoms with Gasteiger partial charge in [-0.15, -0.1) is 0 Å². The molecule has 2 rings (SSSR count). The highest BCUT2D eigenvalue weighted by molar-refractivity contribution is 9.10. The fraction of sp³-hybridized carbons (Fsp3) is 0.400. The molecule has 0 radical (unpaired) electrons. The van der Waals surface area contributed by atoms with Gasteiger partial charge in [0, 0.05) is 28.5 Å². The van der Waals surface area contributed by atoms with Crippen molar-refractivity contribution in [3.8, 4) is 11.3 Å². The Hall–Kier alpha value is -1.13. The molecule has 0 bridgehead atoms. The first kappa shape index (κ1) is 14.3. The minimum Gasteiger partial charge on any atom is -0.342 e. The average Bonchev–Trinajstić information content (AvgIpc) is 2.76. The second-order valence-electron chi connectivity index (χ2n) is 5.65. The molecule has 0 fully saturated rings. The average molecular weight is 322 g/mol. The van der Waals surface area contributed by atoms with Crippen LogP contribution in [0.2, 0.25) is 0 Å². The van der Waals surface area contributed by atoms with E-state index in [0.29, 0.717) is 0 Å². The van der Waals surface area contributed by atoms with Crippen molar-refractivity contribution in [2.45, 2.75) is 32.7 Å². The van der Waals surface area contributed by atoms with E-state index in [1.807, 2.05) is 24.4 Å². The van der Waals surface area contributed by atoms with Gasteiger partial charge in [-0.25, -0.2) is 4.98 Å². The monoisotopic (exact) mass is 321 g/mol. The van der Waals surface area contributed by atoms with Crippen LogP contribution in [-0.4, -0.2) is 22.1 Å². The quantitative estimate of drug-likeness (QED) is 0.899. The number of aromatic nitrogens is 2. The third kappa shape index (κ3) is 4.18. The van der Waals surface area contributed by atoms with E-state index in [0.717, 1.165) is 34.5 Å². The summed E-state index contributed by atoms with van der Waals surface area (Å²) in [5.74, 6) is 1.02. The van der Waals surface area contributed by atoms with Gasteiger partial charge in [-0.05, 0) is 26.8 Å². The van der Waals surface area contributed by atoms with Crippen LogP contribution in [0.25, 0.3) is 11.3 Å². The molecule has 1 aromatic heterocycles. The zero-order valence-electron chi connectivity index (χ0n) is 11.6. The molecule has 2 aromatic rings. The Morgan fingerprint density at radius 3 is 2.68 bits per heavy atom. The molecule has 102 valence electrons. The lowest BCUT2D eigenvalue weighted by atomic mass is 10.1. The Bertz CT molecular complexity index is 540. The third-order valence-corrected chi connectivity index (χ3v) is 3.50. The number of nitrogens with zero attached hydrogens (tertiary/aromatic N) is 1. The Morgan fingerprint density at radius 2 is 2.00 bits per heavy atom. The summed E-state index contributed by atoms with van der Waals surface area (Å²) in [6, 6.07) is 8.16.